The van der Waals surface area contributed by atoms with Crippen LogP contribution in [0.1, 0.15) is 43.7 Å². The first-order valence-electron chi connectivity index (χ1n) is 13.8. The molecule has 4 heterocycles. The maximum Gasteiger partial charge on any atom is 0.174 e. The number of hydrogen-bond acceptors (Lipinski definition) is 4. The number of aromatic nitrogens is 2. The monoisotopic (exact) mass is 571 g/mol. The molecular formula is C32H34ClN5OS. The van der Waals surface area contributed by atoms with E-state index in [1.807, 2.05) is 36.5 Å². The molecular weight excluding hydrogens is 538 g/mol. The number of nitrogens with zero attached hydrogens (tertiary/aromatic N) is 4. The van der Waals surface area contributed by atoms with E-state index in [4.69, 9.17) is 33.5 Å². The summed E-state index contributed by atoms with van der Waals surface area (Å²) in [6.45, 7) is 6.68. The van der Waals surface area contributed by atoms with Gasteiger partial charge in [0.2, 0.25) is 0 Å². The van der Waals surface area contributed by atoms with E-state index in [9.17, 15) is 0 Å². The lowest BCUT2D eigenvalue weighted by molar-refractivity contribution is 0.357. The third-order valence-corrected chi connectivity index (χ3v) is 8.57. The molecule has 2 aromatic heterocycles. The third-order valence-electron chi connectivity index (χ3n) is 7.95. The predicted octanol–water partition coefficient (Wildman–Crippen LogP) is 7.19. The fraction of sp³-hybridized carbons (Fsp3) is 0.312. The lowest BCUT2D eigenvalue weighted by atomic mass is 9.91. The summed E-state index contributed by atoms with van der Waals surface area (Å²) in [6, 6.07) is 24.4. The van der Waals surface area contributed by atoms with Crippen molar-refractivity contribution in [2.24, 2.45) is 11.8 Å². The van der Waals surface area contributed by atoms with E-state index in [0.29, 0.717) is 16.9 Å². The summed E-state index contributed by atoms with van der Waals surface area (Å²) >= 11 is 13.0. The number of anilines is 2. The highest BCUT2D eigenvalue weighted by molar-refractivity contribution is 7.80. The van der Waals surface area contributed by atoms with Crippen LogP contribution in [0.4, 0.5) is 11.4 Å². The molecule has 0 bridgehead atoms. The largest absolute Gasteiger partial charge is 0.497 e. The molecule has 2 aliphatic heterocycles. The molecule has 2 aliphatic rings. The Balaban J connectivity index is 1.41. The lowest BCUT2D eigenvalue weighted by Crippen LogP contribution is -2.38. The number of methoxy groups -OCH3 is 1. The predicted molar refractivity (Wildman–Crippen MR) is 167 cm³/mol. The fourth-order valence-corrected chi connectivity index (χ4v) is 6.95. The Hall–Kier alpha value is -3.55. The van der Waals surface area contributed by atoms with Gasteiger partial charge in [0.25, 0.3) is 0 Å². The van der Waals surface area contributed by atoms with Crippen molar-refractivity contribution in [2.45, 2.75) is 32.4 Å². The van der Waals surface area contributed by atoms with Crippen LogP contribution in [0.15, 0.2) is 85.2 Å². The van der Waals surface area contributed by atoms with E-state index in [1.54, 1.807) is 7.11 Å². The maximum absolute atomic E-state index is 7.00. The van der Waals surface area contributed by atoms with Crippen LogP contribution in [0, 0.1) is 11.8 Å². The van der Waals surface area contributed by atoms with Crippen molar-refractivity contribution in [3.8, 4) is 11.4 Å². The minimum atomic E-state index is -0.156. The standard InChI is InChI=1S/C32H34ClN5OS/c1-21-17-22(2)20-36(19-21)28-14-11-24(18-26(28)33)38-31(30(35-32(38)40)27-7-4-5-15-34-27)29-8-6-16-37(29)23-9-12-25(39-3)13-10-23/h4-16,18,21-22,30-31H,17,19-20H2,1-3H3,(H,35,40)/t21-,22+,30-,31+/m1/s1. The number of piperidine rings is 1. The highest BCUT2D eigenvalue weighted by Gasteiger charge is 2.42. The number of pyridine rings is 1. The van der Waals surface area contributed by atoms with Crippen molar-refractivity contribution in [3.63, 3.8) is 0 Å². The van der Waals surface area contributed by atoms with E-state index in [0.717, 1.165) is 52.3 Å². The van der Waals surface area contributed by atoms with Gasteiger partial charge < -0.3 is 24.4 Å². The summed E-state index contributed by atoms with van der Waals surface area (Å²) < 4.78 is 7.59. The highest BCUT2D eigenvalue weighted by atomic mass is 35.5. The Labute approximate surface area is 246 Å². The Bertz CT molecular complexity index is 1480. The number of ether oxygens (including phenoxy) is 1. The first kappa shape index (κ1) is 26.7. The highest BCUT2D eigenvalue weighted by Crippen LogP contribution is 2.44. The van der Waals surface area contributed by atoms with Crippen LogP contribution in [0.5, 0.6) is 5.75 Å². The van der Waals surface area contributed by atoms with Crippen molar-refractivity contribution in [1.82, 2.24) is 14.9 Å². The van der Waals surface area contributed by atoms with Crippen LogP contribution in [0.25, 0.3) is 5.69 Å². The van der Waals surface area contributed by atoms with E-state index in [1.165, 1.54) is 6.42 Å². The Morgan fingerprint density at radius 1 is 0.950 bits per heavy atom. The van der Waals surface area contributed by atoms with Crippen LogP contribution in [-0.4, -0.2) is 34.9 Å². The van der Waals surface area contributed by atoms with Gasteiger partial charge in [-0.25, -0.2) is 0 Å². The number of hydrogen-bond donors (Lipinski definition) is 1. The van der Waals surface area contributed by atoms with Gasteiger partial charge in [-0.2, -0.15) is 0 Å². The molecule has 0 aliphatic carbocycles. The van der Waals surface area contributed by atoms with Gasteiger partial charge in [0.1, 0.15) is 11.8 Å². The molecule has 8 heteroatoms. The van der Waals surface area contributed by atoms with Crippen LogP contribution in [-0.2, 0) is 0 Å². The van der Waals surface area contributed by atoms with Crippen molar-refractivity contribution in [1.29, 1.82) is 0 Å². The number of rotatable bonds is 6. The fourth-order valence-electron chi connectivity index (χ4n) is 6.31. The smallest absolute Gasteiger partial charge is 0.174 e. The molecule has 0 unspecified atom stereocenters. The molecule has 2 saturated heterocycles. The van der Waals surface area contributed by atoms with Crippen LogP contribution in [0.2, 0.25) is 5.02 Å². The number of benzene rings is 2. The molecule has 4 atom stereocenters. The van der Waals surface area contributed by atoms with Crippen LogP contribution >= 0.6 is 23.8 Å². The SMILES string of the molecule is COc1ccc(-n2cccc2[C@H]2[C@@H](c3ccccn3)NC(=S)N2c2ccc(N3C[C@H](C)C[C@H](C)C3)c(Cl)c2)cc1. The van der Waals surface area contributed by atoms with Gasteiger partial charge in [-0.05, 0) is 97.2 Å². The molecule has 0 saturated carbocycles. The molecule has 0 spiro atoms. The second-order valence-corrected chi connectivity index (χ2v) is 11.8. The van der Waals surface area contributed by atoms with Crippen molar-refractivity contribution in [2.75, 3.05) is 30.0 Å². The topological polar surface area (TPSA) is 45.6 Å². The minimum absolute atomic E-state index is 0.150. The minimum Gasteiger partial charge on any atom is -0.497 e. The first-order chi connectivity index (χ1) is 19.4. The van der Waals surface area contributed by atoms with Crippen LogP contribution < -0.4 is 19.9 Å². The Morgan fingerprint density at radius 2 is 1.70 bits per heavy atom. The quantitative estimate of drug-likeness (QED) is 0.247. The second kappa shape index (κ2) is 11.1. The zero-order valence-electron chi connectivity index (χ0n) is 23.0. The normalized spacial score (nSPS) is 22.9. The van der Waals surface area contributed by atoms with Crippen molar-refractivity contribution < 1.29 is 4.74 Å². The molecule has 0 amide bonds. The van der Waals surface area contributed by atoms with E-state index < -0.39 is 0 Å². The first-order valence-corrected chi connectivity index (χ1v) is 14.6. The summed E-state index contributed by atoms with van der Waals surface area (Å²) in [5, 5.41) is 4.96. The van der Waals surface area contributed by atoms with E-state index in [2.05, 4.69) is 82.2 Å². The number of halogens is 1. The molecule has 4 aromatic rings. The van der Waals surface area contributed by atoms with Gasteiger partial charge in [0.15, 0.2) is 5.11 Å². The molecule has 0 radical (unpaired) electrons. The van der Waals surface area contributed by atoms with E-state index in [-0.39, 0.29) is 12.1 Å². The van der Waals surface area contributed by atoms with Gasteiger partial charge >= 0.3 is 0 Å². The molecule has 6 rings (SSSR count). The van der Waals surface area contributed by atoms with Gasteiger partial charge in [0, 0.05) is 42.6 Å². The van der Waals surface area contributed by atoms with Crippen LogP contribution in [0.3, 0.4) is 0 Å². The molecule has 2 fully saturated rings. The van der Waals surface area contributed by atoms with Gasteiger partial charge in [-0.3, -0.25) is 4.98 Å². The molecule has 6 nitrogen and oxygen atoms in total. The lowest BCUT2D eigenvalue weighted by Gasteiger charge is -2.37. The average molecular weight is 572 g/mol. The summed E-state index contributed by atoms with van der Waals surface area (Å²) in [7, 11) is 1.68. The summed E-state index contributed by atoms with van der Waals surface area (Å²) in [5.41, 5.74) is 5.10. The van der Waals surface area contributed by atoms with Crippen molar-refractivity contribution >= 4 is 40.3 Å². The van der Waals surface area contributed by atoms with Gasteiger partial charge in [-0.1, -0.05) is 31.5 Å². The summed E-state index contributed by atoms with van der Waals surface area (Å²) in [4.78, 5) is 9.31. The number of thiocarbonyl (C=S) groups is 1. The zero-order valence-corrected chi connectivity index (χ0v) is 24.6. The third kappa shape index (κ3) is 5.04. The van der Waals surface area contributed by atoms with E-state index >= 15 is 0 Å². The maximum atomic E-state index is 7.00. The second-order valence-electron chi connectivity index (χ2n) is 11.0. The molecule has 206 valence electrons. The number of nitrogens with one attached hydrogen (secondary N) is 1. The Morgan fingerprint density at radius 3 is 2.38 bits per heavy atom. The van der Waals surface area contributed by atoms with Gasteiger partial charge in [0.05, 0.1) is 29.6 Å². The van der Waals surface area contributed by atoms with Gasteiger partial charge in [-0.15, -0.1) is 0 Å². The Kier molecular flexibility index (Phi) is 7.43. The zero-order chi connectivity index (χ0) is 27.8. The summed E-state index contributed by atoms with van der Waals surface area (Å²) in [6.07, 6.45) is 5.17. The molecule has 2 aromatic carbocycles. The van der Waals surface area contributed by atoms with Crippen molar-refractivity contribution in [3.05, 3.63) is 102 Å². The molecule has 1 N–H and O–H groups in total. The average Bonchev–Trinajstić information content (AvgIpc) is 3.57. The summed E-state index contributed by atoms with van der Waals surface area (Å²) in [5.74, 6) is 2.11. The molecule has 40 heavy (non-hydrogen) atoms.